The second kappa shape index (κ2) is 8.12. The summed E-state index contributed by atoms with van der Waals surface area (Å²) < 4.78 is 0. The summed E-state index contributed by atoms with van der Waals surface area (Å²) in [5.74, 6) is -0.450. The van der Waals surface area contributed by atoms with Crippen LogP contribution in [0.2, 0.25) is 0 Å². The predicted octanol–water partition coefficient (Wildman–Crippen LogP) is 2.63. The largest absolute Gasteiger partial charge is 0.480 e. The molecule has 4 nitrogen and oxygen atoms in total. The Morgan fingerprint density at radius 1 is 1.32 bits per heavy atom. The van der Waals surface area contributed by atoms with Crippen LogP contribution < -0.4 is 5.32 Å². The van der Waals surface area contributed by atoms with E-state index in [2.05, 4.69) is 10.3 Å². The molecule has 1 heterocycles. The number of aromatic nitrogens is 1. The third-order valence-electron chi connectivity index (χ3n) is 3.66. The van der Waals surface area contributed by atoms with Crippen LogP contribution in [-0.2, 0) is 11.3 Å². The molecule has 1 atom stereocenters. The zero-order valence-electron chi connectivity index (χ0n) is 10.9. The molecule has 1 fully saturated rings. The minimum Gasteiger partial charge on any atom is -0.480 e. The Balaban J connectivity index is 0.00000180. The molecule has 1 aliphatic carbocycles. The van der Waals surface area contributed by atoms with Crippen molar-refractivity contribution in [3.63, 3.8) is 0 Å². The molecule has 0 aliphatic heterocycles. The van der Waals surface area contributed by atoms with Crippen LogP contribution in [0, 0.1) is 5.92 Å². The predicted molar refractivity (Wildman–Crippen MR) is 76.3 cm³/mol. The lowest BCUT2D eigenvalue weighted by Crippen LogP contribution is -2.43. The maximum Gasteiger partial charge on any atom is 0.320 e. The Morgan fingerprint density at radius 2 is 1.95 bits per heavy atom. The lowest BCUT2D eigenvalue weighted by molar-refractivity contribution is -0.141. The third kappa shape index (κ3) is 4.80. The highest BCUT2D eigenvalue weighted by Crippen LogP contribution is 2.26. The second-order valence-corrected chi connectivity index (χ2v) is 4.95. The molecular formula is C14H21ClN2O2. The van der Waals surface area contributed by atoms with Crippen LogP contribution in [-0.4, -0.2) is 22.1 Å². The minimum atomic E-state index is -0.726. The maximum atomic E-state index is 11.3. The van der Waals surface area contributed by atoms with Crippen LogP contribution >= 0.6 is 12.4 Å². The van der Waals surface area contributed by atoms with Gasteiger partial charge in [0.15, 0.2) is 0 Å². The number of hydrogen-bond donors (Lipinski definition) is 2. The summed E-state index contributed by atoms with van der Waals surface area (Å²) in [7, 11) is 0. The van der Waals surface area contributed by atoms with E-state index in [4.69, 9.17) is 0 Å². The summed E-state index contributed by atoms with van der Waals surface area (Å²) in [6.45, 7) is 0.593. The first-order valence-electron chi connectivity index (χ1n) is 6.62. The Kier molecular flexibility index (Phi) is 6.81. The van der Waals surface area contributed by atoms with Gasteiger partial charge in [-0.2, -0.15) is 0 Å². The van der Waals surface area contributed by atoms with E-state index in [9.17, 15) is 9.90 Å². The van der Waals surface area contributed by atoms with Gasteiger partial charge in [0.25, 0.3) is 0 Å². The molecule has 19 heavy (non-hydrogen) atoms. The van der Waals surface area contributed by atoms with Crippen molar-refractivity contribution in [3.05, 3.63) is 30.1 Å². The lowest BCUT2D eigenvalue weighted by atomic mass is 9.84. The van der Waals surface area contributed by atoms with Gasteiger partial charge < -0.3 is 10.4 Å². The highest BCUT2D eigenvalue weighted by atomic mass is 35.5. The first-order chi connectivity index (χ1) is 8.77. The number of aliphatic carboxylic acids is 1. The number of halogens is 1. The zero-order chi connectivity index (χ0) is 12.8. The van der Waals surface area contributed by atoms with E-state index in [0.29, 0.717) is 6.54 Å². The van der Waals surface area contributed by atoms with Gasteiger partial charge in [-0.1, -0.05) is 19.3 Å². The summed E-state index contributed by atoms with van der Waals surface area (Å²) in [6, 6.07) is 3.40. The summed E-state index contributed by atoms with van der Waals surface area (Å²) in [6.07, 6.45) is 9.07. The molecule has 0 aromatic carbocycles. The summed E-state index contributed by atoms with van der Waals surface area (Å²) in [4.78, 5) is 15.3. The van der Waals surface area contributed by atoms with Crippen molar-refractivity contribution >= 4 is 18.4 Å². The van der Waals surface area contributed by atoms with Crippen molar-refractivity contribution in [2.45, 2.75) is 44.7 Å². The van der Waals surface area contributed by atoms with Gasteiger partial charge >= 0.3 is 5.97 Å². The molecule has 1 aliphatic rings. The molecule has 5 heteroatoms. The molecule has 2 rings (SSSR count). The Morgan fingerprint density at radius 3 is 2.53 bits per heavy atom. The van der Waals surface area contributed by atoms with Crippen molar-refractivity contribution in [1.29, 1.82) is 0 Å². The molecule has 0 spiro atoms. The SMILES string of the molecule is Cl.O=C(O)C(NCc1ccncc1)C1CCCCC1. The average molecular weight is 285 g/mol. The van der Waals surface area contributed by atoms with Gasteiger partial charge in [-0.05, 0) is 36.5 Å². The van der Waals surface area contributed by atoms with E-state index < -0.39 is 12.0 Å². The van der Waals surface area contributed by atoms with E-state index in [1.807, 2.05) is 12.1 Å². The Hall–Kier alpha value is -1.13. The van der Waals surface area contributed by atoms with Crippen LogP contribution in [0.25, 0.3) is 0 Å². The molecular weight excluding hydrogens is 264 g/mol. The fourth-order valence-corrected chi connectivity index (χ4v) is 2.65. The standard InChI is InChI=1S/C14H20N2O2.ClH/c17-14(18)13(12-4-2-1-3-5-12)16-10-11-6-8-15-9-7-11;/h6-9,12-13,16H,1-5,10H2,(H,17,18);1H. The molecule has 1 aromatic rings. The molecule has 0 radical (unpaired) electrons. The first kappa shape index (κ1) is 15.9. The fourth-order valence-electron chi connectivity index (χ4n) is 2.65. The number of pyridine rings is 1. The summed E-state index contributed by atoms with van der Waals surface area (Å²) >= 11 is 0. The van der Waals surface area contributed by atoms with Crippen molar-refractivity contribution in [2.75, 3.05) is 0 Å². The molecule has 106 valence electrons. The smallest absolute Gasteiger partial charge is 0.320 e. The average Bonchev–Trinajstić information content (AvgIpc) is 2.41. The number of hydrogen-bond acceptors (Lipinski definition) is 3. The van der Waals surface area contributed by atoms with E-state index in [1.165, 1.54) is 6.42 Å². The molecule has 2 N–H and O–H groups in total. The number of rotatable bonds is 5. The molecule has 0 saturated heterocycles. The van der Waals surface area contributed by atoms with Crippen molar-refractivity contribution in [3.8, 4) is 0 Å². The van der Waals surface area contributed by atoms with Crippen molar-refractivity contribution < 1.29 is 9.90 Å². The molecule has 0 bridgehead atoms. The molecule has 1 saturated carbocycles. The van der Waals surface area contributed by atoms with E-state index in [1.54, 1.807) is 12.4 Å². The highest BCUT2D eigenvalue weighted by molar-refractivity contribution is 5.85. The number of nitrogens with zero attached hydrogens (tertiary/aromatic N) is 1. The lowest BCUT2D eigenvalue weighted by Gasteiger charge is -2.28. The minimum absolute atomic E-state index is 0. The van der Waals surface area contributed by atoms with E-state index >= 15 is 0 Å². The zero-order valence-corrected chi connectivity index (χ0v) is 11.7. The van der Waals surface area contributed by atoms with Crippen LogP contribution in [0.3, 0.4) is 0 Å². The third-order valence-corrected chi connectivity index (χ3v) is 3.66. The van der Waals surface area contributed by atoms with E-state index in [0.717, 1.165) is 31.2 Å². The summed E-state index contributed by atoms with van der Waals surface area (Å²) in [5.41, 5.74) is 1.08. The monoisotopic (exact) mass is 284 g/mol. The number of carboxylic acid groups (broad SMARTS) is 1. The topological polar surface area (TPSA) is 62.2 Å². The number of carbonyl (C=O) groups is 1. The number of carboxylic acids is 1. The van der Waals surface area contributed by atoms with Gasteiger partial charge in [0.2, 0.25) is 0 Å². The van der Waals surface area contributed by atoms with Gasteiger partial charge in [0.1, 0.15) is 6.04 Å². The number of nitrogens with one attached hydrogen (secondary N) is 1. The van der Waals surface area contributed by atoms with Gasteiger partial charge in [-0.3, -0.25) is 9.78 Å². The Labute approximate surface area is 120 Å². The van der Waals surface area contributed by atoms with Crippen LogP contribution in [0.15, 0.2) is 24.5 Å². The fraction of sp³-hybridized carbons (Fsp3) is 0.571. The van der Waals surface area contributed by atoms with Crippen LogP contribution in [0.5, 0.6) is 0 Å². The highest BCUT2D eigenvalue weighted by Gasteiger charge is 2.28. The molecule has 1 aromatic heterocycles. The van der Waals surface area contributed by atoms with Crippen LogP contribution in [0.4, 0.5) is 0 Å². The van der Waals surface area contributed by atoms with Gasteiger partial charge in [-0.25, -0.2) is 0 Å². The second-order valence-electron chi connectivity index (χ2n) is 4.95. The van der Waals surface area contributed by atoms with Gasteiger partial charge in [-0.15, -0.1) is 12.4 Å². The van der Waals surface area contributed by atoms with Gasteiger partial charge in [0, 0.05) is 18.9 Å². The van der Waals surface area contributed by atoms with Crippen molar-refractivity contribution in [1.82, 2.24) is 10.3 Å². The maximum absolute atomic E-state index is 11.3. The molecule has 0 amide bonds. The normalized spacial score (nSPS) is 17.5. The van der Waals surface area contributed by atoms with E-state index in [-0.39, 0.29) is 18.3 Å². The van der Waals surface area contributed by atoms with Crippen molar-refractivity contribution in [2.24, 2.45) is 5.92 Å². The molecule has 1 unspecified atom stereocenters. The van der Waals surface area contributed by atoms with Gasteiger partial charge in [0.05, 0.1) is 0 Å². The van der Waals surface area contributed by atoms with Crippen LogP contribution in [0.1, 0.15) is 37.7 Å². The first-order valence-corrected chi connectivity index (χ1v) is 6.62. The summed E-state index contributed by atoms with van der Waals surface area (Å²) in [5, 5.41) is 12.5. The quantitative estimate of drug-likeness (QED) is 0.872. The Bertz CT molecular complexity index is 380.